The number of imidazole rings is 1. The summed E-state index contributed by atoms with van der Waals surface area (Å²) in [5.41, 5.74) is 2.34. The number of aliphatic hydroxyl groups is 1. The van der Waals surface area contributed by atoms with Crippen LogP contribution in [0.3, 0.4) is 0 Å². The molecule has 0 aliphatic heterocycles. The van der Waals surface area contributed by atoms with E-state index in [-0.39, 0.29) is 5.69 Å². The molecule has 0 amide bonds. The topological polar surface area (TPSA) is 88.5 Å². The van der Waals surface area contributed by atoms with E-state index < -0.39 is 17.7 Å². The fourth-order valence-electron chi connectivity index (χ4n) is 2.85. The smallest absolute Gasteiger partial charge is 0.166 e. The van der Waals surface area contributed by atoms with Gasteiger partial charge in [-0.2, -0.15) is 0 Å². The van der Waals surface area contributed by atoms with Crippen molar-refractivity contribution in [2.24, 2.45) is 0 Å². The van der Waals surface area contributed by atoms with Crippen LogP contribution in [0.2, 0.25) is 5.02 Å². The molecule has 26 heavy (non-hydrogen) atoms. The van der Waals surface area contributed by atoms with E-state index in [0.717, 1.165) is 11.6 Å². The number of fused-ring (bicyclic) bond motifs is 1. The molecule has 2 N–H and O–H groups in total. The zero-order chi connectivity index (χ0) is 18.4. The lowest BCUT2D eigenvalue weighted by molar-refractivity contribution is 0.208. The Morgan fingerprint density at radius 3 is 2.81 bits per heavy atom. The number of benzene rings is 1. The summed E-state index contributed by atoms with van der Waals surface area (Å²) in [6.07, 6.45) is 2.04. The highest BCUT2D eigenvalue weighted by Crippen LogP contribution is 2.30. The maximum Gasteiger partial charge on any atom is 0.166 e. The number of phenolic OH excluding ortho intramolecular Hbond substituents is 1. The van der Waals surface area contributed by atoms with E-state index in [9.17, 15) is 14.6 Å². The molecule has 0 fully saturated rings. The summed E-state index contributed by atoms with van der Waals surface area (Å²) in [4.78, 5) is 4.06. The van der Waals surface area contributed by atoms with Crippen molar-refractivity contribution in [3.8, 4) is 11.4 Å². The molecule has 3 aromatic heterocycles. The third kappa shape index (κ3) is 2.51. The van der Waals surface area contributed by atoms with Crippen molar-refractivity contribution in [1.82, 2.24) is 24.4 Å². The molecule has 0 aliphatic carbocycles. The SMILES string of the molecule is Cc1c(C(O)c2c(Cl)ccc3cncn23)nnn1-c1ccc(O)c(F)c1. The lowest BCUT2D eigenvalue weighted by atomic mass is 10.1. The summed E-state index contributed by atoms with van der Waals surface area (Å²) in [5, 5.41) is 28.6. The fraction of sp³-hybridized carbons (Fsp3) is 0.118. The van der Waals surface area contributed by atoms with Gasteiger partial charge in [0.25, 0.3) is 0 Å². The number of aromatic hydroxyl groups is 1. The molecule has 1 aromatic carbocycles. The summed E-state index contributed by atoms with van der Waals surface area (Å²) in [5.74, 6) is -1.23. The van der Waals surface area contributed by atoms with Gasteiger partial charge in [-0.1, -0.05) is 16.8 Å². The van der Waals surface area contributed by atoms with Gasteiger partial charge in [-0.15, -0.1) is 5.10 Å². The first-order valence-electron chi connectivity index (χ1n) is 7.67. The minimum Gasteiger partial charge on any atom is -0.505 e. The molecule has 1 atom stereocenters. The monoisotopic (exact) mass is 373 g/mol. The summed E-state index contributed by atoms with van der Waals surface area (Å²) in [6.45, 7) is 1.70. The molecule has 0 spiro atoms. The molecule has 7 nitrogen and oxygen atoms in total. The zero-order valence-corrected chi connectivity index (χ0v) is 14.3. The van der Waals surface area contributed by atoms with Gasteiger partial charge in [0.2, 0.25) is 0 Å². The Labute approximate surface area is 151 Å². The van der Waals surface area contributed by atoms with Crippen LogP contribution in [-0.2, 0) is 0 Å². The van der Waals surface area contributed by atoms with Crippen LogP contribution in [0.4, 0.5) is 4.39 Å². The average molecular weight is 374 g/mol. The predicted octanol–water partition coefficient (Wildman–Crippen LogP) is 2.80. The molecule has 0 bridgehead atoms. The van der Waals surface area contributed by atoms with Gasteiger partial charge in [0.05, 0.1) is 40.1 Å². The third-order valence-electron chi connectivity index (χ3n) is 4.20. The Bertz CT molecular complexity index is 1120. The van der Waals surface area contributed by atoms with Crippen molar-refractivity contribution >= 4 is 17.1 Å². The molecule has 9 heteroatoms. The first-order valence-corrected chi connectivity index (χ1v) is 8.05. The highest BCUT2D eigenvalue weighted by Gasteiger charge is 2.24. The van der Waals surface area contributed by atoms with E-state index >= 15 is 0 Å². The normalized spacial score (nSPS) is 12.6. The number of aromatic nitrogens is 5. The summed E-state index contributed by atoms with van der Waals surface area (Å²) >= 11 is 6.28. The Balaban J connectivity index is 1.81. The number of hydrogen-bond donors (Lipinski definition) is 2. The Hall–Kier alpha value is -2.97. The number of hydrogen-bond acceptors (Lipinski definition) is 5. The van der Waals surface area contributed by atoms with Crippen LogP contribution in [0.25, 0.3) is 11.2 Å². The number of halogens is 2. The molecule has 3 heterocycles. The number of aliphatic hydroxyl groups excluding tert-OH is 1. The van der Waals surface area contributed by atoms with E-state index in [2.05, 4.69) is 15.3 Å². The molecule has 1 unspecified atom stereocenters. The summed E-state index contributed by atoms with van der Waals surface area (Å²) in [6, 6.07) is 7.32. The largest absolute Gasteiger partial charge is 0.505 e. The van der Waals surface area contributed by atoms with Crippen molar-refractivity contribution in [3.63, 3.8) is 0 Å². The second kappa shape index (κ2) is 6.08. The fourth-order valence-corrected chi connectivity index (χ4v) is 3.10. The van der Waals surface area contributed by atoms with Gasteiger partial charge in [0.15, 0.2) is 11.6 Å². The summed E-state index contributed by atoms with van der Waals surface area (Å²) < 4.78 is 16.7. The molecule has 4 rings (SSSR count). The van der Waals surface area contributed by atoms with Crippen LogP contribution in [0.5, 0.6) is 5.75 Å². The number of rotatable bonds is 3. The van der Waals surface area contributed by atoms with Crippen molar-refractivity contribution < 1.29 is 14.6 Å². The first-order chi connectivity index (χ1) is 12.5. The van der Waals surface area contributed by atoms with E-state index in [0.29, 0.717) is 22.1 Å². The minimum atomic E-state index is -1.16. The third-order valence-corrected chi connectivity index (χ3v) is 4.52. The number of nitrogens with zero attached hydrogens (tertiary/aromatic N) is 5. The quantitative estimate of drug-likeness (QED) is 0.576. The first kappa shape index (κ1) is 16.5. The van der Waals surface area contributed by atoms with Crippen molar-refractivity contribution in [1.29, 1.82) is 0 Å². The highest BCUT2D eigenvalue weighted by atomic mass is 35.5. The van der Waals surface area contributed by atoms with Crippen LogP contribution < -0.4 is 0 Å². The zero-order valence-electron chi connectivity index (χ0n) is 13.5. The Morgan fingerprint density at radius 2 is 2.04 bits per heavy atom. The van der Waals surface area contributed by atoms with E-state index in [1.54, 1.807) is 36.0 Å². The van der Waals surface area contributed by atoms with Crippen molar-refractivity contribution in [3.05, 3.63) is 70.8 Å². The predicted molar refractivity (Wildman–Crippen MR) is 92.0 cm³/mol. The number of pyridine rings is 1. The van der Waals surface area contributed by atoms with Crippen molar-refractivity contribution in [2.75, 3.05) is 0 Å². The maximum absolute atomic E-state index is 13.6. The molecule has 0 saturated carbocycles. The van der Waals surface area contributed by atoms with Gasteiger partial charge in [-0.3, -0.25) is 4.40 Å². The standard InChI is InChI=1S/C17H13ClFN5O2/c1-9-15(21-22-24(9)10-3-5-14(25)13(19)6-10)17(26)16-12(18)4-2-11-7-20-8-23(11)16/h2-8,17,25-26H,1H3. The Kier molecular flexibility index (Phi) is 3.86. The molecular formula is C17H13ClFN5O2. The van der Waals surface area contributed by atoms with Gasteiger partial charge < -0.3 is 10.2 Å². The highest BCUT2D eigenvalue weighted by molar-refractivity contribution is 6.31. The number of phenols is 1. The van der Waals surface area contributed by atoms with Gasteiger partial charge in [0, 0.05) is 6.07 Å². The van der Waals surface area contributed by atoms with E-state index in [4.69, 9.17) is 11.6 Å². The molecular weight excluding hydrogens is 361 g/mol. The molecule has 4 aromatic rings. The van der Waals surface area contributed by atoms with Gasteiger partial charge >= 0.3 is 0 Å². The summed E-state index contributed by atoms with van der Waals surface area (Å²) in [7, 11) is 0. The molecule has 0 aliphatic rings. The van der Waals surface area contributed by atoms with Gasteiger partial charge in [0.1, 0.15) is 11.8 Å². The van der Waals surface area contributed by atoms with Gasteiger partial charge in [-0.05, 0) is 31.2 Å². The van der Waals surface area contributed by atoms with Gasteiger partial charge in [-0.25, -0.2) is 14.1 Å². The van der Waals surface area contributed by atoms with E-state index in [1.807, 2.05) is 0 Å². The lowest BCUT2D eigenvalue weighted by Crippen LogP contribution is -2.09. The van der Waals surface area contributed by atoms with Crippen LogP contribution >= 0.6 is 11.6 Å². The lowest BCUT2D eigenvalue weighted by Gasteiger charge is -2.14. The minimum absolute atomic E-state index is 0.279. The van der Waals surface area contributed by atoms with Crippen LogP contribution in [0, 0.1) is 12.7 Å². The molecule has 0 saturated heterocycles. The van der Waals surface area contributed by atoms with Crippen LogP contribution in [0.1, 0.15) is 23.2 Å². The van der Waals surface area contributed by atoms with Crippen molar-refractivity contribution in [2.45, 2.75) is 13.0 Å². The van der Waals surface area contributed by atoms with E-state index in [1.165, 1.54) is 16.8 Å². The molecule has 0 radical (unpaired) electrons. The second-order valence-corrected chi connectivity index (χ2v) is 6.17. The maximum atomic E-state index is 13.6. The average Bonchev–Trinajstić information content (AvgIpc) is 3.23. The van der Waals surface area contributed by atoms with Crippen LogP contribution in [0.15, 0.2) is 42.9 Å². The van der Waals surface area contributed by atoms with Crippen LogP contribution in [-0.4, -0.2) is 34.6 Å². The molecule has 132 valence electrons. The Morgan fingerprint density at radius 1 is 1.23 bits per heavy atom. The second-order valence-electron chi connectivity index (χ2n) is 5.77.